The van der Waals surface area contributed by atoms with Gasteiger partial charge in [-0.05, 0) is 121 Å². The molecule has 0 unspecified atom stereocenters. The average Bonchev–Trinajstić information content (AvgIpc) is 4.29. The first-order valence-electron chi connectivity index (χ1n) is 24.8. The van der Waals surface area contributed by atoms with Crippen LogP contribution in [0.15, 0.2) is 267 Å². The van der Waals surface area contributed by atoms with Crippen LogP contribution < -0.4 is 15.9 Å². The maximum atomic E-state index is 15.7. The van der Waals surface area contributed by atoms with Crippen LogP contribution in [0.3, 0.4) is 0 Å². The molecule has 0 aliphatic carbocycles. The molecule has 0 amide bonds. The second kappa shape index (κ2) is 16.1. The highest BCUT2D eigenvalue weighted by molar-refractivity contribution is 7.85. The van der Waals surface area contributed by atoms with Gasteiger partial charge in [-0.15, -0.1) is 0 Å². The minimum absolute atomic E-state index is 0.789. The molecule has 344 valence electrons. The summed E-state index contributed by atoms with van der Waals surface area (Å²) >= 11 is 0. The molecule has 73 heavy (non-hydrogen) atoms. The minimum Gasteiger partial charge on any atom is -0.317 e. The molecule has 0 bridgehead atoms. The Morgan fingerprint density at radius 1 is 0.260 bits per heavy atom. The van der Waals surface area contributed by atoms with Crippen molar-refractivity contribution in [3.8, 4) is 28.4 Å². The van der Waals surface area contributed by atoms with Crippen LogP contribution in [0, 0.1) is 0 Å². The van der Waals surface area contributed by atoms with Gasteiger partial charge in [-0.3, -0.25) is 0 Å². The fraction of sp³-hybridized carbons (Fsp3) is 0. The molecule has 0 saturated carbocycles. The van der Waals surface area contributed by atoms with E-state index >= 15 is 4.57 Å². The predicted octanol–water partition coefficient (Wildman–Crippen LogP) is 15.4. The number of fused-ring (bicyclic) bond motifs is 10. The zero-order chi connectivity index (χ0) is 48.2. The van der Waals surface area contributed by atoms with Crippen molar-refractivity contribution in [2.45, 2.75) is 0 Å². The third-order valence-electron chi connectivity index (χ3n) is 15.0. The Morgan fingerprint density at radius 2 is 0.616 bits per heavy atom. The van der Waals surface area contributed by atoms with Gasteiger partial charge in [-0.2, -0.15) is 0 Å². The van der Waals surface area contributed by atoms with Crippen LogP contribution >= 0.6 is 7.14 Å². The predicted molar refractivity (Wildman–Crippen MR) is 305 cm³/mol. The summed E-state index contributed by atoms with van der Waals surface area (Å²) < 4.78 is 27.6. The fourth-order valence-corrected chi connectivity index (χ4v) is 14.3. The number of hydrogen-bond acceptors (Lipinski definition) is 1. The van der Waals surface area contributed by atoms with E-state index in [9.17, 15) is 0 Å². The van der Waals surface area contributed by atoms with Gasteiger partial charge in [0.25, 0.3) is 0 Å². The van der Waals surface area contributed by atoms with Crippen molar-refractivity contribution in [2.75, 3.05) is 0 Å². The van der Waals surface area contributed by atoms with Crippen LogP contribution in [-0.4, -0.2) is 22.8 Å². The first-order chi connectivity index (χ1) is 36.1. The molecular weight excluding hydrogens is 910 g/mol. The van der Waals surface area contributed by atoms with E-state index in [2.05, 4.69) is 229 Å². The fourth-order valence-electron chi connectivity index (χ4n) is 11.7. The molecule has 5 heterocycles. The third-order valence-corrected chi connectivity index (χ3v) is 18.1. The Labute approximate surface area is 420 Å². The van der Waals surface area contributed by atoms with E-state index in [0.717, 1.165) is 99.0 Å². The van der Waals surface area contributed by atoms with Gasteiger partial charge in [-0.1, -0.05) is 133 Å². The molecule has 15 aromatic rings. The van der Waals surface area contributed by atoms with Gasteiger partial charge in [-0.25, -0.2) is 0 Å². The summed E-state index contributed by atoms with van der Waals surface area (Å²) in [6, 6.07) is 90.0. The normalized spacial score (nSPS) is 12.2. The topological polar surface area (TPSA) is 41.7 Å². The van der Waals surface area contributed by atoms with E-state index in [4.69, 9.17) is 0 Å². The number of rotatable bonds is 8. The molecule has 0 aliphatic heterocycles. The lowest BCUT2D eigenvalue weighted by Crippen LogP contribution is -2.24. The van der Waals surface area contributed by atoms with Crippen molar-refractivity contribution in [3.05, 3.63) is 267 Å². The summed E-state index contributed by atoms with van der Waals surface area (Å²) in [5.41, 5.74) is 14.4. The summed E-state index contributed by atoms with van der Waals surface area (Å²) in [5, 5.41) is 9.43. The number of aromatic nitrogens is 5. The van der Waals surface area contributed by atoms with Crippen molar-refractivity contribution in [1.82, 2.24) is 22.8 Å². The maximum absolute atomic E-state index is 15.7. The van der Waals surface area contributed by atoms with Crippen LogP contribution in [0.5, 0.6) is 0 Å². The van der Waals surface area contributed by atoms with Crippen molar-refractivity contribution < 1.29 is 4.57 Å². The molecule has 0 saturated heterocycles. The zero-order valence-corrected chi connectivity index (χ0v) is 40.4. The number of nitrogens with zero attached hydrogens (tertiary/aromatic N) is 5. The summed E-state index contributed by atoms with van der Waals surface area (Å²) in [6.45, 7) is 0. The van der Waals surface area contributed by atoms with E-state index in [0.29, 0.717) is 0 Å². The van der Waals surface area contributed by atoms with Crippen LogP contribution in [-0.2, 0) is 4.57 Å². The molecular formula is C66H44N5OP. The van der Waals surface area contributed by atoms with Crippen LogP contribution in [0.25, 0.3) is 105 Å². The number of hydrogen-bond donors (Lipinski definition) is 0. The Bertz CT molecular complexity index is 4510. The van der Waals surface area contributed by atoms with Gasteiger partial charge < -0.3 is 27.4 Å². The zero-order valence-electron chi connectivity index (χ0n) is 39.5. The summed E-state index contributed by atoms with van der Waals surface area (Å²) in [4.78, 5) is 0. The van der Waals surface area contributed by atoms with Crippen molar-refractivity contribution in [3.63, 3.8) is 0 Å². The smallest absolute Gasteiger partial charge is 0.171 e. The maximum Gasteiger partial charge on any atom is 0.171 e. The SMILES string of the molecule is O=P(c1ccccc1)(c1ccccc1)c1ccc(-n2c3cc4ccn(-c5ccccc5)c4cc3c3c2c2cc4c(ccn4-c4ccccc4)cc2n3-c2ccc(-n3c4ccccc4c4ccccc43)cc2)cc1. The second-order valence-electron chi connectivity index (χ2n) is 18.9. The van der Waals surface area contributed by atoms with E-state index < -0.39 is 7.14 Å². The molecule has 7 heteroatoms. The lowest BCUT2D eigenvalue weighted by atomic mass is 10.1. The van der Waals surface area contributed by atoms with Crippen molar-refractivity contribution >= 4 is 99.5 Å². The van der Waals surface area contributed by atoms with Crippen LogP contribution in [0.1, 0.15) is 0 Å². The highest BCUT2D eigenvalue weighted by atomic mass is 31.2. The van der Waals surface area contributed by atoms with E-state index in [-0.39, 0.29) is 0 Å². The molecule has 10 aromatic carbocycles. The first-order valence-corrected chi connectivity index (χ1v) is 26.5. The van der Waals surface area contributed by atoms with Gasteiger partial charge in [0.2, 0.25) is 0 Å². The van der Waals surface area contributed by atoms with Gasteiger partial charge >= 0.3 is 0 Å². The molecule has 0 fully saturated rings. The molecule has 0 atom stereocenters. The first kappa shape index (κ1) is 41.4. The van der Waals surface area contributed by atoms with Gasteiger partial charge in [0.05, 0.1) is 44.1 Å². The summed E-state index contributed by atoms with van der Waals surface area (Å²) in [6.07, 6.45) is 4.36. The monoisotopic (exact) mass is 953 g/mol. The third kappa shape index (κ3) is 6.21. The molecule has 0 N–H and O–H groups in total. The Hall–Kier alpha value is -9.35. The lowest BCUT2D eigenvalue weighted by Gasteiger charge is -2.20. The van der Waals surface area contributed by atoms with Gasteiger partial charge in [0.1, 0.15) is 0 Å². The second-order valence-corrected chi connectivity index (χ2v) is 21.7. The summed E-state index contributed by atoms with van der Waals surface area (Å²) in [7, 11) is -3.23. The highest BCUT2D eigenvalue weighted by Crippen LogP contribution is 2.46. The van der Waals surface area contributed by atoms with E-state index in [1.54, 1.807) is 0 Å². The molecule has 0 spiro atoms. The molecule has 5 aromatic heterocycles. The van der Waals surface area contributed by atoms with Crippen molar-refractivity contribution in [2.24, 2.45) is 0 Å². The standard InChI is InChI=1S/C66H44N5OP/c72-73(52-21-9-3-10-22-52,53-23-11-4-12-24-53)54-35-33-51(34-36-54)71-64-42-46-38-40-68(48-19-7-2-8-20-48)62(46)44-58(64)65-66(71)57-43-61-45(37-39-67(61)47-17-5-1-6-18-47)41-63(57)70(65)50-31-29-49(30-32-50)69-59-27-15-13-25-55(59)56-26-14-16-28-60(56)69/h1-44H. The van der Waals surface area contributed by atoms with Gasteiger partial charge in [0, 0.05) is 89.1 Å². The molecule has 0 aliphatic rings. The Balaban J connectivity index is 1.03. The largest absolute Gasteiger partial charge is 0.317 e. The highest BCUT2D eigenvalue weighted by Gasteiger charge is 2.30. The quantitative estimate of drug-likeness (QED) is 0.140. The van der Waals surface area contributed by atoms with E-state index in [1.807, 2.05) is 60.7 Å². The molecule has 6 nitrogen and oxygen atoms in total. The molecule has 0 radical (unpaired) electrons. The number of para-hydroxylation sites is 4. The van der Waals surface area contributed by atoms with Crippen LogP contribution in [0.2, 0.25) is 0 Å². The molecule has 15 rings (SSSR count). The summed E-state index contributed by atoms with van der Waals surface area (Å²) in [5.74, 6) is 0. The number of benzene rings is 10. The average molecular weight is 954 g/mol. The van der Waals surface area contributed by atoms with E-state index in [1.165, 1.54) is 21.8 Å². The van der Waals surface area contributed by atoms with Gasteiger partial charge in [0.15, 0.2) is 7.14 Å². The lowest BCUT2D eigenvalue weighted by molar-refractivity contribution is 0.592. The minimum atomic E-state index is -3.23. The Morgan fingerprint density at radius 3 is 1.05 bits per heavy atom. The Kier molecular flexibility index (Phi) is 9.13. The van der Waals surface area contributed by atoms with Crippen LogP contribution in [0.4, 0.5) is 0 Å². The van der Waals surface area contributed by atoms with Crippen molar-refractivity contribution in [1.29, 1.82) is 0 Å².